The van der Waals surface area contributed by atoms with Crippen molar-refractivity contribution in [2.75, 3.05) is 44.1 Å². The van der Waals surface area contributed by atoms with Crippen LogP contribution >= 0.6 is 11.3 Å². The summed E-state index contributed by atoms with van der Waals surface area (Å²) in [6.07, 6.45) is -0.697. The molecule has 0 spiro atoms. The lowest BCUT2D eigenvalue weighted by Crippen LogP contribution is -2.43. The maximum absolute atomic E-state index is 13.8. The van der Waals surface area contributed by atoms with Crippen LogP contribution in [-0.2, 0) is 22.9 Å². The Labute approximate surface area is 247 Å². The Hall–Kier alpha value is -3.29. The molecule has 1 unspecified atom stereocenters. The van der Waals surface area contributed by atoms with E-state index in [2.05, 4.69) is 34.5 Å². The smallest absolute Gasteiger partial charge is 0.406 e. The van der Waals surface area contributed by atoms with Gasteiger partial charge in [0.15, 0.2) is 9.84 Å². The molecule has 0 saturated carbocycles. The number of alkyl halides is 3. The van der Waals surface area contributed by atoms with Crippen molar-refractivity contribution in [2.24, 2.45) is 5.92 Å². The van der Waals surface area contributed by atoms with Gasteiger partial charge in [0, 0.05) is 47.1 Å². The number of hydrogen-bond donors (Lipinski definition) is 2. The first-order valence-electron chi connectivity index (χ1n) is 13.5. The molecule has 4 aromatic rings. The van der Waals surface area contributed by atoms with Gasteiger partial charge in [-0.3, -0.25) is 0 Å². The third-order valence-electron chi connectivity index (χ3n) is 7.56. The third-order valence-corrected chi connectivity index (χ3v) is 9.69. The number of anilines is 2. The predicted molar refractivity (Wildman–Crippen MR) is 161 cm³/mol. The molecule has 2 atom stereocenters. The minimum atomic E-state index is -4.41. The fraction of sp³-hybridized carbons (Fsp3) is 0.414. The molecule has 3 heterocycles. The second kappa shape index (κ2) is 11.8. The number of aromatic nitrogens is 2. The number of likely N-dealkylation sites (tertiary alicyclic amines) is 1. The largest absolute Gasteiger partial charge is 0.495 e. The van der Waals surface area contributed by atoms with Gasteiger partial charge >= 0.3 is 6.18 Å². The SMILES string of the molecule is COc1cc(S(C)(=O)=O)ccc1NCc1cnc(-c2cc3c(N[C@@H]4CCN(C)CC4C)cccc3n2CC(F)(F)F)s1. The zero-order chi connectivity index (χ0) is 30.2. The van der Waals surface area contributed by atoms with Crippen LogP contribution in [0, 0.1) is 5.92 Å². The molecule has 2 aromatic heterocycles. The minimum absolute atomic E-state index is 0.140. The number of thiazole rings is 1. The monoisotopic (exact) mass is 621 g/mol. The number of nitrogens with zero attached hydrogens (tertiary/aromatic N) is 3. The number of hydrogen-bond acceptors (Lipinski definition) is 8. The Morgan fingerprint density at radius 3 is 2.64 bits per heavy atom. The van der Waals surface area contributed by atoms with E-state index in [4.69, 9.17) is 4.74 Å². The van der Waals surface area contributed by atoms with Crippen molar-refractivity contribution < 1.29 is 26.3 Å². The first-order chi connectivity index (χ1) is 19.8. The van der Waals surface area contributed by atoms with E-state index in [1.807, 2.05) is 6.07 Å². The summed E-state index contributed by atoms with van der Waals surface area (Å²) < 4.78 is 71.8. The first-order valence-corrected chi connectivity index (χ1v) is 16.2. The number of sulfone groups is 1. The van der Waals surface area contributed by atoms with Gasteiger partial charge in [-0.15, -0.1) is 11.3 Å². The summed E-state index contributed by atoms with van der Waals surface area (Å²) in [6.45, 7) is 3.30. The molecule has 0 amide bonds. The second-order valence-corrected chi connectivity index (χ2v) is 14.0. The number of ether oxygens (including phenoxy) is 1. The van der Waals surface area contributed by atoms with Crippen molar-refractivity contribution in [3.8, 4) is 16.5 Å². The number of nitrogens with one attached hydrogen (secondary N) is 2. The number of methoxy groups -OCH3 is 1. The van der Waals surface area contributed by atoms with Gasteiger partial charge in [-0.25, -0.2) is 13.4 Å². The van der Waals surface area contributed by atoms with Crippen molar-refractivity contribution in [2.45, 2.75) is 43.5 Å². The molecule has 226 valence electrons. The van der Waals surface area contributed by atoms with Gasteiger partial charge in [0.25, 0.3) is 0 Å². The maximum atomic E-state index is 13.8. The minimum Gasteiger partial charge on any atom is -0.495 e. The summed E-state index contributed by atoms with van der Waals surface area (Å²) in [6, 6.07) is 12.0. The van der Waals surface area contributed by atoms with Crippen molar-refractivity contribution in [1.29, 1.82) is 0 Å². The maximum Gasteiger partial charge on any atom is 0.406 e. The van der Waals surface area contributed by atoms with E-state index in [0.29, 0.717) is 40.1 Å². The molecule has 42 heavy (non-hydrogen) atoms. The van der Waals surface area contributed by atoms with E-state index in [0.717, 1.165) is 41.7 Å². The summed E-state index contributed by atoms with van der Waals surface area (Å²) in [5.74, 6) is 0.762. The fourth-order valence-corrected chi connectivity index (χ4v) is 6.96. The van der Waals surface area contributed by atoms with E-state index in [9.17, 15) is 21.6 Å². The molecule has 1 aliphatic heterocycles. The quantitative estimate of drug-likeness (QED) is 0.233. The molecule has 0 bridgehead atoms. The Morgan fingerprint density at radius 2 is 1.95 bits per heavy atom. The highest BCUT2D eigenvalue weighted by molar-refractivity contribution is 7.90. The molecule has 1 saturated heterocycles. The van der Waals surface area contributed by atoms with Crippen LogP contribution in [0.25, 0.3) is 21.6 Å². The zero-order valence-electron chi connectivity index (χ0n) is 23.8. The van der Waals surface area contributed by atoms with Crippen molar-refractivity contribution in [1.82, 2.24) is 14.5 Å². The van der Waals surface area contributed by atoms with Gasteiger partial charge < -0.3 is 24.8 Å². The van der Waals surface area contributed by atoms with Gasteiger partial charge in [-0.2, -0.15) is 13.2 Å². The van der Waals surface area contributed by atoms with Gasteiger partial charge in [-0.05, 0) is 56.3 Å². The summed E-state index contributed by atoms with van der Waals surface area (Å²) >= 11 is 1.30. The summed E-state index contributed by atoms with van der Waals surface area (Å²) in [4.78, 5) is 7.72. The Morgan fingerprint density at radius 1 is 1.17 bits per heavy atom. The van der Waals surface area contributed by atoms with E-state index in [-0.39, 0.29) is 10.9 Å². The van der Waals surface area contributed by atoms with Crippen LogP contribution < -0.4 is 15.4 Å². The predicted octanol–water partition coefficient (Wildman–Crippen LogP) is 6.10. The molecule has 8 nitrogen and oxygen atoms in total. The van der Waals surface area contributed by atoms with Crippen LogP contribution in [0.2, 0.25) is 0 Å². The van der Waals surface area contributed by atoms with Crippen molar-refractivity contribution in [3.05, 3.63) is 53.5 Å². The second-order valence-electron chi connectivity index (χ2n) is 10.9. The highest BCUT2D eigenvalue weighted by Gasteiger charge is 2.31. The van der Waals surface area contributed by atoms with Crippen LogP contribution in [0.4, 0.5) is 24.5 Å². The zero-order valence-corrected chi connectivity index (χ0v) is 25.5. The molecule has 2 N–H and O–H groups in total. The summed E-state index contributed by atoms with van der Waals surface area (Å²) in [7, 11) is 0.153. The Bertz CT molecular complexity index is 1680. The normalized spacial score (nSPS) is 18.4. The number of rotatable bonds is 9. The molecular weight excluding hydrogens is 587 g/mol. The van der Waals surface area contributed by atoms with Crippen LogP contribution in [-0.4, -0.2) is 68.6 Å². The molecule has 5 rings (SSSR count). The van der Waals surface area contributed by atoms with E-state index in [1.165, 1.54) is 35.1 Å². The van der Waals surface area contributed by atoms with Gasteiger partial charge in [-0.1, -0.05) is 13.0 Å². The van der Waals surface area contributed by atoms with Crippen LogP contribution in [0.3, 0.4) is 0 Å². The lowest BCUT2D eigenvalue weighted by atomic mass is 9.94. The number of piperidine rings is 1. The van der Waals surface area contributed by atoms with Crippen LogP contribution in [0.1, 0.15) is 18.2 Å². The Balaban J connectivity index is 1.44. The van der Waals surface area contributed by atoms with Gasteiger partial charge in [0.05, 0.1) is 35.4 Å². The molecule has 13 heteroatoms. The Kier molecular flexibility index (Phi) is 8.46. The van der Waals surface area contributed by atoms with E-state index >= 15 is 0 Å². The molecule has 0 radical (unpaired) electrons. The first kappa shape index (κ1) is 30.2. The average molecular weight is 622 g/mol. The molecular formula is C29H34F3N5O3S2. The number of benzene rings is 2. The summed E-state index contributed by atoms with van der Waals surface area (Å²) in [5, 5.41) is 8.04. The average Bonchev–Trinajstić information content (AvgIpc) is 3.53. The number of halogens is 3. The fourth-order valence-electron chi connectivity index (χ4n) is 5.44. The van der Waals surface area contributed by atoms with E-state index in [1.54, 1.807) is 30.5 Å². The van der Waals surface area contributed by atoms with Crippen molar-refractivity contribution >= 4 is 43.5 Å². The van der Waals surface area contributed by atoms with Crippen LogP contribution in [0.5, 0.6) is 5.75 Å². The van der Waals surface area contributed by atoms with Crippen LogP contribution in [0.15, 0.2) is 53.6 Å². The highest BCUT2D eigenvalue weighted by atomic mass is 32.2. The topological polar surface area (TPSA) is 88.5 Å². The standard InChI is InChI=1S/C29H34F3N5O3S2/c1-18-16-36(2)11-10-22(18)35-23-6-5-7-25-21(23)13-26(37(25)17-29(30,31)32)28-34-15-19(41-28)14-33-24-9-8-20(42(4,38)39)12-27(24)40-3/h5-9,12-13,15,18,22,33,35H,10-11,14,16-17H2,1-4H3/t18?,22-/m1/s1. The molecule has 2 aromatic carbocycles. The molecule has 1 aliphatic rings. The molecule has 0 aliphatic carbocycles. The summed E-state index contributed by atoms with van der Waals surface area (Å²) in [5.41, 5.74) is 2.31. The van der Waals surface area contributed by atoms with Gasteiger partial charge in [0.1, 0.15) is 17.3 Å². The van der Waals surface area contributed by atoms with E-state index < -0.39 is 22.6 Å². The third kappa shape index (κ3) is 6.68. The molecule has 1 fully saturated rings. The lowest BCUT2D eigenvalue weighted by Gasteiger charge is -2.36. The lowest BCUT2D eigenvalue weighted by molar-refractivity contribution is -0.139. The van der Waals surface area contributed by atoms with Crippen molar-refractivity contribution in [3.63, 3.8) is 0 Å². The highest BCUT2D eigenvalue weighted by Crippen LogP contribution is 2.38. The van der Waals surface area contributed by atoms with Gasteiger partial charge in [0.2, 0.25) is 0 Å². The number of fused-ring (bicyclic) bond motifs is 1.